The number of nitrogens with two attached hydrogens (primary N) is 1. The quantitative estimate of drug-likeness (QED) is 0.823. The predicted molar refractivity (Wildman–Crippen MR) is 74.5 cm³/mol. The van der Waals surface area contributed by atoms with Crippen molar-refractivity contribution in [2.75, 3.05) is 12.3 Å². The van der Waals surface area contributed by atoms with Crippen molar-refractivity contribution < 1.29 is 0 Å². The molecule has 3 rings (SSSR count). The van der Waals surface area contributed by atoms with E-state index in [1.165, 1.54) is 17.5 Å². The molecule has 1 aromatic carbocycles. The van der Waals surface area contributed by atoms with E-state index < -0.39 is 0 Å². The standard InChI is InChI=1S/C13H17ClN2S/c14-12-6-2-3-9-10(12)4-1-5-11(9)13(15)16-7-8-17-13/h2-3,6,11,16H,1,4-5,7-8,15H2. The van der Waals surface area contributed by atoms with Crippen molar-refractivity contribution in [3.05, 3.63) is 34.3 Å². The van der Waals surface area contributed by atoms with E-state index in [1.807, 2.05) is 23.9 Å². The first-order valence-corrected chi connectivity index (χ1v) is 7.52. The average molecular weight is 269 g/mol. The van der Waals surface area contributed by atoms with Gasteiger partial charge in [-0.2, -0.15) is 0 Å². The largest absolute Gasteiger partial charge is 0.304 e. The zero-order valence-corrected chi connectivity index (χ0v) is 11.3. The molecule has 0 spiro atoms. The average Bonchev–Trinajstić information content (AvgIpc) is 2.77. The predicted octanol–water partition coefficient (Wildman–Crippen LogP) is 2.71. The first-order valence-electron chi connectivity index (χ1n) is 6.16. The van der Waals surface area contributed by atoms with Crippen molar-refractivity contribution in [3.63, 3.8) is 0 Å². The Morgan fingerprint density at radius 3 is 3.12 bits per heavy atom. The number of benzene rings is 1. The van der Waals surface area contributed by atoms with Gasteiger partial charge in [0.25, 0.3) is 0 Å². The first-order chi connectivity index (χ1) is 8.21. The summed E-state index contributed by atoms with van der Waals surface area (Å²) in [6, 6.07) is 6.23. The fraction of sp³-hybridized carbons (Fsp3) is 0.538. The Labute approximate surface area is 111 Å². The van der Waals surface area contributed by atoms with Gasteiger partial charge in [0.05, 0.1) is 0 Å². The van der Waals surface area contributed by atoms with Crippen LogP contribution < -0.4 is 11.1 Å². The monoisotopic (exact) mass is 268 g/mol. The lowest BCUT2D eigenvalue weighted by atomic mass is 9.81. The SMILES string of the molecule is NC1(C2CCCc3c(Cl)cccc32)NCCS1. The Morgan fingerprint density at radius 2 is 2.35 bits per heavy atom. The maximum absolute atomic E-state index is 6.51. The number of hydrogen-bond acceptors (Lipinski definition) is 3. The highest BCUT2D eigenvalue weighted by atomic mass is 35.5. The molecule has 0 saturated carbocycles. The van der Waals surface area contributed by atoms with Crippen molar-refractivity contribution in [1.82, 2.24) is 5.32 Å². The Hall–Kier alpha value is -0.220. The number of fused-ring (bicyclic) bond motifs is 1. The fourth-order valence-corrected chi connectivity index (χ4v) is 4.46. The molecule has 1 aliphatic heterocycles. The van der Waals surface area contributed by atoms with Gasteiger partial charge in [-0.15, -0.1) is 11.8 Å². The summed E-state index contributed by atoms with van der Waals surface area (Å²) in [6.07, 6.45) is 3.43. The summed E-state index contributed by atoms with van der Waals surface area (Å²) in [6.45, 7) is 1.01. The molecule has 1 saturated heterocycles. The molecule has 17 heavy (non-hydrogen) atoms. The molecule has 2 atom stereocenters. The molecule has 0 aromatic heterocycles. The lowest BCUT2D eigenvalue weighted by molar-refractivity contribution is 0.384. The maximum Gasteiger partial charge on any atom is 0.121 e. The summed E-state index contributed by atoms with van der Waals surface area (Å²) in [4.78, 5) is -0.292. The van der Waals surface area contributed by atoms with Crippen molar-refractivity contribution in [2.45, 2.75) is 30.2 Å². The molecule has 1 heterocycles. The summed E-state index contributed by atoms with van der Waals surface area (Å²) in [5.41, 5.74) is 9.17. The van der Waals surface area contributed by atoms with Gasteiger partial charge in [0, 0.05) is 23.2 Å². The van der Waals surface area contributed by atoms with E-state index in [1.54, 1.807) is 0 Å². The van der Waals surface area contributed by atoms with E-state index in [0.717, 1.165) is 30.2 Å². The van der Waals surface area contributed by atoms with Crippen molar-refractivity contribution in [2.24, 2.45) is 5.73 Å². The van der Waals surface area contributed by atoms with E-state index >= 15 is 0 Å². The van der Waals surface area contributed by atoms with Crippen LogP contribution >= 0.6 is 23.4 Å². The van der Waals surface area contributed by atoms with Crippen LogP contribution in [0, 0.1) is 0 Å². The van der Waals surface area contributed by atoms with E-state index in [2.05, 4.69) is 11.4 Å². The highest BCUT2D eigenvalue weighted by Gasteiger charge is 2.41. The van der Waals surface area contributed by atoms with Crippen LogP contribution in [-0.4, -0.2) is 17.3 Å². The number of nitrogens with one attached hydrogen (secondary N) is 1. The molecular weight excluding hydrogens is 252 g/mol. The maximum atomic E-state index is 6.51. The molecule has 1 aliphatic carbocycles. The second kappa shape index (κ2) is 4.47. The van der Waals surface area contributed by atoms with E-state index in [4.69, 9.17) is 17.3 Å². The van der Waals surface area contributed by atoms with Crippen LogP contribution in [0.3, 0.4) is 0 Å². The summed E-state index contributed by atoms with van der Waals surface area (Å²) in [7, 11) is 0. The van der Waals surface area contributed by atoms with Gasteiger partial charge in [-0.1, -0.05) is 23.7 Å². The van der Waals surface area contributed by atoms with Crippen molar-refractivity contribution in [1.29, 1.82) is 0 Å². The van der Waals surface area contributed by atoms with Crippen LogP contribution in [0.5, 0.6) is 0 Å². The van der Waals surface area contributed by atoms with E-state index in [0.29, 0.717) is 5.92 Å². The molecule has 3 N–H and O–H groups in total. The molecule has 2 nitrogen and oxygen atoms in total. The second-order valence-corrected chi connectivity index (χ2v) is 6.60. The van der Waals surface area contributed by atoms with Gasteiger partial charge < -0.3 is 5.73 Å². The number of rotatable bonds is 1. The van der Waals surface area contributed by atoms with Crippen molar-refractivity contribution >= 4 is 23.4 Å². The molecule has 2 unspecified atom stereocenters. The van der Waals surface area contributed by atoms with Gasteiger partial charge in [0.1, 0.15) is 4.99 Å². The Kier molecular flexibility index (Phi) is 3.11. The lowest BCUT2D eigenvalue weighted by Gasteiger charge is -2.37. The highest BCUT2D eigenvalue weighted by molar-refractivity contribution is 8.00. The summed E-state index contributed by atoms with van der Waals surface area (Å²) in [5, 5.41) is 4.36. The van der Waals surface area contributed by atoms with E-state index in [-0.39, 0.29) is 4.99 Å². The molecule has 2 aliphatic rings. The number of hydrogen-bond donors (Lipinski definition) is 2. The zero-order chi connectivity index (χ0) is 11.9. The van der Waals surface area contributed by atoms with Crippen LogP contribution in [0.25, 0.3) is 0 Å². The lowest BCUT2D eigenvalue weighted by Crippen LogP contribution is -2.52. The van der Waals surface area contributed by atoms with Gasteiger partial charge in [0.2, 0.25) is 0 Å². The van der Waals surface area contributed by atoms with Crippen molar-refractivity contribution in [3.8, 4) is 0 Å². The highest BCUT2D eigenvalue weighted by Crippen LogP contribution is 2.44. The third-order valence-corrected chi connectivity index (χ3v) is 5.48. The molecule has 1 fully saturated rings. The molecule has 4 heteroatoms. The minimum Gasteiger partial charge on any atom is -0.304 e. The Balaban J connectivity index is 2.02. The van der Waals surface area contributed by atoms with Gasteiger partial charge >= 0.3 is 0 Å². The second-order valence-electron chi connectivity index (χ2n) is 4.82. The summed E-state index contributed by atoms with van der Waals surface area (Å²) >= 11 is 8.14. The first kappa shape index (κ1) is 11.8. The number of thioether (sulfide) groups is 1. The third-order valence-electron chi connectivity index (χ3n) is 3.81. The zero-order valence-electron chi connectivity index (χ0n) is 9.71. The summed E-state index contributed by atoms with van der Waals surface area (Å²) < 4.78 is 0. The molecule has 92 valence electrons. The van der Waals surface area contributed by atoms with Crippen LogP contribution in [0.2, 0.25) is 5.02 Å². The van der Waals surface area contributed by atoms with Crippen LogP contribution in [0.4, 0.5) is 0 Å². The molecule has 0 amide bonds. The number of halogens is 1. The molecular formula is C13H17ClN2S. The minimum absolute atomic E-state index is 0.292. The van der Waals surface area contributed by atoms with Gasteiger partial charge in [-0.25, -0.2) is 0 Å². The van der Waals surface area contributed by atoms with E-state index in [9.17, 15) is 0 Å². The summed E-state index contributed by atoms with van der Waals surface area (Å²) in [5.74, 6) is 1.49. The van der Waals surface area contributed by atoms with Crippen LogP contribution in [0.1, 0.15) is 29.9 Å². The van der Waals surface area contributed by atoms with Gasteiger partial charge in [0.15, 0.2) is 0 Å². The van der Waals surface area contributed by atoms with Gasteiger partial charge in [-0.3, -0.25) is 5.32 Å². The topological polar surface area (TPSA) is 38.0 Å². The van der Waals surface area contributed by atoms with Gasteiger partial charge in [-0.05, 0) is 36.5 Å². The molecule has 0 bridgehead atoms. The Morgan fingerprint density at radius 1 is 1.47 bits per heavy atom. The molecule has 1 aromatic rings. The molecule has 0 radical (unpaired) electrons. The smallest absolute Gasteiger partial charge is 0.121 e. The fourth-order valence-electron chi connectivity index (χ4n) is 2.99. The minimum atomic E-state index is -0.292. The third kappa shape index (κ3) is 1.99. The Bertz CT molecular complexity index is 429. The normalized spacial score (nSPS) is 32.5. The van der Waals surface area contributed by atoms with Crippen LogP contribution in [-0.2, 0) is 6.42 Å². The van der Waals surface area contributed by atoms with Crippen LogP contribution in [0.15, 0.2) is 18.2 Å².